The Morgan fingerprint density at radius 3 is 2.28 bits per heavy atom. The minimum atomic E-state index is -5.18. The number of esters is 2. The van der Waals surface area contributed by atoms with Gasteiger partial charge < -0.3 is 14.4 Å². The average Bonchev–Trinajstić information content (AvgIpc) is 2.85. The number of rotatable bonds is 7. The number of benzene rings is 1. The standard InChI is InChI=1S/C23H30F3N5O5/c1-2-35-22(34)28-27-15-17-3-5-18(6-4-17)30-11-13-31(14-12-30)19-7-9-29(10-8-19)16-20(32)36-21(33)23(24,25)26/h3-6,15,19H,2,7-14,16H2,1H3,(H,28,34)/b27-15+. The topological polar surface area (TPSA) is 104 Å². The monoisotopic (exact) mass is 513 g/mol. The Labute approximate surface area is 207 Å². The summed E-state index contributed by atoms with van der Waals surface area (Å²) < 4.78 is 45.3. The highest BCUT2D eigenvalue weighted by atomic mass is 19.4. The van der Waals surface area contributed by atoms with Crippen LogP contribution < -0.4 is 10.3 Å². The molecule has 0 atom stereocenters. The molecule has 1 aromatic carbocycles. The summed E-state index contributed by atoms with van der Waals surface area (Å²) in [6.07, 6.45) is -2.67. The Balaban J connectivity index is 1.38. The molecule has 2 fully saturated rings. The Morgan fingerprint density at radius 1 is 1.06 bits per heavy atom. The first-order valence-electron chi connectivity index (χ1n) is 11.7. The summed E-state index contributed by atoms with van der Waals surface area (Å²) in [4.78, 5) is 40.0. The number of carbonyl (C=O) groups excluding carboxylic acids is 3. The minimum Gasteiger partial charge on any atom is -0.449 e. The Kier molecular flexibility index (Phi) is 9.65. The number of nitrogens with zero attached hydrogens (tertiary/aromatic N) is 4. The molecule has 2 aliphatic rings. The lowest BCUT2D eigenvalue weighted by Gasteiger charge is -2.43. The number of likely N-dealkylation sites (tertiary alicyclic amines) is 1. The van der Waals surface area contributed by atoms with E-state index in [0.717, 1.165) is 50.3 Å². The third-order valence-corrected chi connectivity index (χ3v) is 6.08. The highest BCUT2D eigenvalue weighted by molar-refractivity contribution is 5.89. The van der Waals surface area contributed by atoms with E-state index in [1.165, 1.54) is 0 Å². The molecule has 0 saturated carbocycles. The van der Waals surface area contributed by atoms with Crippen LogP contribution in [0.4, 0.5) is 23.7 Å². The van der Waals surface area contributed by atoms with E-state index in [2.05, 4.69) is 25.1 Å². The van der Waals surface area contributed by atoms with Crippen molar-refractivity contribution in [2.45, 2.75) is 32.0 Å². The predicted molar refractivity (Wildman–Crippen MR) is 125 cm³/mol. The molecule has 0 aromatic heterocycles. The molecular formula is C23H30F3N5O5. The number of anilines is 1. The number of piperazine rings is 1. The van der Waals surface area contributed by atoms with Crippen molar-refractivity contribution in [1.82, 2.24) is 15.2 Å². The fraction of sp³-hybridized carbons (Fsp3) is 0.565. The van der Waals surface area contributed by atoms with Gasteiger partial charge in [-0.05, 0) is 37.5 Å². The molecule has 2 aliphatic heterocycles. The molecule has 0 unspecified atom stereocenters. The Morgan fingerprint density at radius 2 is 1.69 bits per heavy atom. The van der Waals surface area contributed by atoms with E-state index in [0.29, 0.717) is 19.1 Å². The first-order chi connectivity index (χ1) is 17.2. The van der Waals surface area contributed by atoms with E-state index in [4.69, 9.17) is 4.74 Å². The van der Waals surface area contributed by atoms with Crippen LogP contribution in [-0.2, 0) is 19.1 Å². The van der Waals surface area contributed by atoms with Crippen LogP contribution in [0.5, 0.6) is 0 Å². The molecule has 1 amide bonds. The lowest BCUT2D eigenvalue weighted by atomic mass is 10.0. The highest BCUT2D eigenvalue weighted by Gasteiger charge is 2.42. The number of piperidine rings is 1. The van der Waals surface area contributed by atoms with Crippen molar-refractivity contribution >= 4 is 29.9 Å². The zero-order chi connectivity index (χ0) is 26.1. The van der Waals surface area contributed by atoms with Crippen LogP contribution in [0.25, 0.3) is 0 Å². The fourth-order valence-electron chi connectivity index (χ4n) is 4.26. The number of carbonyl (C=O) groups is 3. The normalized spacial score (nSPS) is 18.3. The highest BCUT2D eigenvalue weighted by Crippen LogP contribution is 2.22. The zero-order valence-electron chi connectivity index (χ0n) is 20.0. The molecule has 36 heavy (non-hydrogen) atoms. The van der Waals surface area contributed by atoms with Crippen molar-refractivity contribution < 1.29 is 37.0 Å². The summed E-state index contributed by atoms with van der Waals surface area (Å²) in [5.41, 5.74) is 4.21. The number of hydrazone groups is 1. The molecule has 0 spiro atoms. The molecular weight excluding hydrogens is 483 g/mol. The summed E-state index contributed by atoms with van der Waals surface area (Å²) in [5, 5.41) is 3.85. The quantitative estimate of drug-likeness (QED) is 0.256. The molecule has 13 heteroatoms. The van der Waals surface area contributed by atoms with Crippen molar-refractivity contribution in [3.05, 3.63) is 29.8 Å². The van der Waals surface area contributed by atoms with Crippen LogP contribution in [0.3, 0.4) is 0 Å². The maximum atomic E-state index is 12.2. The first-order valence-corrected chi connectivity index (χ1v) is 11.7. The van der Waals surface area contributed by atoms with Gasteiger partial charge in [0, 0.05) is 51.0 Å². The molecule has 3 rings (SSSR count). The predicted octanol–water partition coefficient (Wildman–Crippen LogP) is 1.99. The third kappa shape index (κ3) is 8.19. The molecule has 10 nitrogen and oxygen atoms in total. The van der Waals surface area contributed by atoms with Crippen LogP contribution >= 0.6 is 0 Å². The molecule has 1 N–H and O–H groups in total. The van der Waals surface area contributed by atoms with Crippen LogP contribution in [0.1, 0.15) is 25.3 Å². The Bertz CT molecular complexity index is 925. The van der Waals surface area contributed by atoms with Crippen molar-refractivity contribution in [1.29, 1.82) is 0 Å². The molecule has 198 valence electrons. The van der Waals surface area contributed by atoms with E-state index >= 15 is 0 Å². The van der Waals surface area contributed by atoms with Gasteiger partial charge in [0.25, 0.3) is 0 Å². The number of hydrogen-bond donors (Lipinski definition) is 1. The number of hydrogen-bond acceptors (Lipinski definition) is 9. The van der Waals surface area contributed by atoms with Crippen LogP contribution in [-0.4, -0.2) is 98.7 Å². The molecule has 2 heterocycles. The largest absolute Gasteiger partial charge is 0.491 e. The number of alkyl halides is 3. The van der Waals surface area contributed by atoms with Gasteiger partial charge >= 0.3 is 24.2 Å². The zero-order valence-corrected chi connectivity index (χ0v) is 20.0. The van der Waals surface area contributed by atoms with E-state index in [1.54, 1.807) is 18.0 Å². The molecule has 2 saturated heterocycles. The molecule has 1 aromatic rings. The number of amides is 1. The smallest absolute Gasteiger partial charge is 0.449 e. The summed E-state index contributed by atoms with van der Waals surface area (Å²) in [6.45, 7) is 6.21. The van der Waals surface area contributed by atoms with Gasteiger partial charge in [-0.3, -0.25) is 14.6 Å². The maximum absolute atomic E-state index is 12.2. The second kappa shape index (κ2) is 12.7. The van der Waals surface area contributed by atoms with Gasteiger partial charge in [0.15, 0.2) is 0 Å². The summed E-state index contributed by atoms with van der Waals surface area (Å²) in [5.74, 6) is -3.66. The van der Waals surface area contributed by atoms with Crippen LogP contribution in [0, 0.1) is 0 Å². The van der Waals surface area contributed by atoms with Gasteiger partial charge in [0.1, 0.15) is 0 Å². The van der Waals surface area contributed by atoms with E-state index in [9.17, 15) is 27.6 Å². The van der Waals surface area contributed by atoms with Gasteiger partial charge in [-0.2, -0.15) is 18.3 Å². The third-order valence-electron chi connectivity index (χ3n) is 6.08. The van der Waals surface area contributed by atoms with E-state index in [1.807, 2.05) is 24.3 Å². The first kappa shape index (κ1) is 27.4. The van der Waals surface area contributed by atoms with Gasteiger partial charge in [0.2, 0.25) is 0 Å². The van der Waals surface area contributed by atoms with E-state index < -0.39 is 24.2 Å². The summed E-state index contributed by atoms with van der Waals surface area (Å²) in [7, 11) is 0. The van der Waals surface area contributed by atoms with Gasteiger partial charge in [-0.15, -0.1) is 0 Å². The van der Waals surface area contributed by atoms with Crippen molar-refractivity contribution in [3.63, 3.8) is 0 Å². The lowest BCUT2D eigenvalue weighted by molar-refractivity contribution is -0.202. The number of ether oxygens (including phenoxy) is 2. The molecule has 0 bridgehead atoms. The molecule has 0 radical (unpaired) electrons. The summed E-state index contributed by atoms with van der Waals surface area (Å²) in [6, 6.07) is 8.18. The SMILES string of the molecule is CCOC(=O)N/N=C/c1ccc(N2CCN(C3CCN(CC(=O)OC(=O)C(F)(F)F)CC3)CC2)cc1. The molecule has 0 aliphatic carbocycles. The Hall–Kier alpha value is -3.19. The minimum absolute atomic E-state index is 0.274. The fourth-order valence-corrected chi connectivity index (χ4v) is 4.26. The summed E-state index contributed by atoms with van der Waals surface area (Å²) >= 11 is 0. The maximum Gasteiger partial charge on any atom is 0.491 e. The van der Waals surface area contributed by atoms with E-state index in [-0.39, 0.29) is 13.2 Å². The van der Waals surface area contributed by atoms with Gasteiger partial charge in [-0.1, -0.05) is 12.1 Å². The van der Waals surface area contributed by atoms with Gasteiger partial charge in [0.05, 0.1) is 19.4 Å². The van der Waals surface area contributed by atoms with Crippen LogP contribution in [0.2, 0.25) is 0 Å². The average molecular weight is 514 g/mol. The number of halogens is 3. The second-order valence-electron chi connectivity index (χ2n) is 8.47. The second-order valence-corrected chi connectivity index (χ2v) is 8.47. The number of nitrogens with one attached hydrogen (secondary N) is 1. The van der Waals surface area contributed by atoms with Crippen molar-refractivity contribution in [3.8, 4) is 0 Å². The van der Waals surface area contributed by atoms with Crippen molar-refractivity contribution in [2.75, 3.05) is 57.3 Å². The lowest BCUT2D eigenvalue weighted by Crippen LogP contribution is -2.53. The van der Waals surface area contributed by atoms with Crippen LogP contribution in [0.15, 0.2) is 29.4 Å². The van der Waals surface area contributed by atoms with Crippen molar-refractivity contribution in [2.24, 2.45) is 5.10 Å². The van der Waals surface area contributed by atoms with Gasteiger partial charge in [-0.25, -0.2) is 15.0 Å².